The Hall–Kier alpha value is -0.360. The fraction of sp³-hybridized carbons (Fsp3) is 0.600. The number of nitrogens with zero attached hydrogens (tertiary/aromatic N) is 3. The van der Waals surface area contributed by atoms with Crippen LogP contribution < -0.4 is 10.5 Å². The second kappa shape index (κ2) is 3.36. The lowest BCUT2D eigenvalue weighted by atomic mass is 11.2. The Morgan fingerprint density at radius 1 is 1.45 bits per heavy atom. The monoisotopic (exact) mass is 191 g/mol. The van der Waals surface area contributed by atoms with Gasteiger partial charge in [-0.25, -0.2) is 0 Å². The molecule has 0 aliphatic heterocycles. The molecule has 0 saturated carbocycles. The van der Waals surface area contributed by atoms with Crippen molar-refractivity contribution >= 4 is 23.5 Å². The van der Waals surface area contributed by atoms with Gasteiger partial charge in [0.25, 0.3) is 0 Å². The Morgan fingerprint density at radius 3 is 2.36 bits per heavy atom. The van der Waals surface area contributed by atoms with Crippen molar-refractivity contribution in [3.8, 4) is 0 Å². The normalized spacial score (nSPS) is 10.5. The molecule has 11 heavy (non-hydrogen) atoms. The van der Waals surface area contributed by atoms with E-state index in [0.717, 1.165) is 10.3 Å². The van der Waals surface area contributed by atoms with Crippen molar-refractivity contribution < 1.29 is 4.68 Å². The van der Waals surface area contributed by atoms with Crippen molar-refractivity contribution in [1.82, 2.24) is 9.78 Å². The van der Waals surface area contributed by atoms with Crippen LogP contribution in [0.2, 0.25) is 0 Å². The zero-order valence-electron chi connectivity index (χ0n) is 6.74. The SMILES string of the molecule is CSc1nn(C)c(SC)[n+]1N. The van der Waals surface area contributed by atoms with Crippen molar-refractivity contribution in [3.63, 3.8) is 0 Å². The highest BCUT2D eigenvalue weighted by molar-refractivity contribution is 7.98. The molecule has 2 N–H and O–H groups in total. The molecule has 0 aromatic carbocycles. The molecule has 0 fully saturated rings. The third kappa shape index (κ3) is 1.46. The van der Waals surface area contributed by atoms with Gasteiger partial charge in [0.1, 0.15) is 0 Å². The molecular formula is C5H11N4S2+. The molecule has 1 aromatic heterocycles. The van der Waals surface area contributed by atoms with E-state index >= 15 is 0 Å². The summed E-state index contributed by atoms with van der Waals surface area (Å²) in [5.74, 6) is 5.72. The lowest BCUT2D eigenvalue weighted by Crippen LogP contribution is -2.47. The van der Waals surface area contributed by atoms with E-state index in [0.29, 0.717) is 0 Å². The van der Waals surface area contributed by atoms with Crippen LogP contribution in [0.1, 0.15) is 0 Å². The number of nitrogens with two attached hydrogens (primary N) is 1. The summed E-state index contributed by atoms with van der Waals surface area (Å²) in [5, 5.41) is 5.98. The topological polar surface area (TPSA) is 47.7 Å². The van der Waals surface area contributed by atoms with Crippen LogP contribution in [0.4, 0.5) is 0 Å². The third-order valence-corrected chi connectivity index (χ3v) is 2.76. The second-order valence-electron chi connectivity index (χ2n) is 1.97. The summed E-state index contributed by atoms with van der Waals surface area (Å²) in [6.45, 7) is 0. The first-order valence-corrected chi connectivity index (χ1v) is 5.47. The van der Waals surface area contributed by atoms with Crippen molar-refractivity contribution in [2.24, 2.45) is 7.05 Å². The predicted octanol–water partition coefficient (Wildman–Crippen LogP) is -0.135. The Balaban J connectivity index is 3.14. The molecule has 0 bridgehead atoms. The van der Waals surface area contributed by atoms with Crippen molar-refractivity contribution in [3.05, 3.63) is 0 Å². The zero-order valence-corrected chi connectivity index (χ0v) is 8.37. The summed E-state index contributed by atoms with van der Waals surface area (Å²) in [4.78, 5) is 0. The van der Waals surface area contributed by atoms with E-state index in [-0.39, 0.29) is 0 Å². The molecule has 1 rings (SSSR count). The minimum absolute atomic E-state index is 0.830. The number of hydrogen-bond donors (Lipinski definition) is 1. The summed E-state index contributed by atoms with van der Waals surface area (Å²) in [7, 11) is 1.88. The summed E-state index contributed by atoms with van der Waals surface area (Å²) in [6.07, 6.45) is 3.93. The van der Waals surface area contributed by atoms with Crippen LogP contribution >= 0.6 is 23.5 Å². The van der Waals surface area contributed by atoms with Gasteiger partial charge in [-0.15, -0.1) is 9.36 Å². The lowest BCUT2D eigenvalue weighted by molar-refractivity contribution is -0.715. The Bertz CT molecular complexity index is 257. The second-order valence-corrected chi connectivity index (χ2v) is 3.51. The van der Waals surface area contributed by atoms with Crippen LogP contribution in [0, 0.1) is 0 Å². The maximum atomic E-state index is 5.72. The fourth-order valence-corrected chi connectivity index (χ4v) is 1.96. The molecular weight excluding hydrogens is 180 g/mol. The van der Waals surface area contributed by atoms with Gasteiger partial charge in [0.15, 0.2) is 0 Å². The van der Waals surface area contributed by atoms with Crippen molar-refractivity contribution in [2.45, 2.75) is 10.3 Å². The Labute approximate surface area is 74.1 Å². The van der Waals surface area contributed by atoms with E-state index < -0.39 is 0 Å². The number of aryl methyl sites for hydroxylation is 1. The van der Waals surface area contributed by atoms with Gasteiger partial charge in [-0.1, -0.05) is 23.5 Å². The fourth-order valence-electron chi connectivity index (χ4n) is 0.827. The molecule has 0 saturated heterocycles. The van der Waals surface area contributed by atoms with Crippen LogP contribution in [-0.4, -0.2) is 22.3 Å². The molecule has 0 atom stereocenters. The summed E-state index contributed by atoms with van der Waals surface area (Å²) >= 11 is 3.12. The van der Waals surface area contributed by atoms with Gasteiger partial charge in [0.2, 0.25) is 0 Å². The molecule has 1 heterocycles. The van der Waals surface area contributed by atoms with Gasteiger partial charge in [-0.05, 0) is 12.5 Å². The van der Waals surface area contributed by atoms with Gasteiger partial charge >= 0.3 is 10.3 Å². The highest BCUT2D eigenvalue weighted by atomic mass is 32.2. The number of thioether (sulfide) groups is 2. The van der Waals surface area contributed by atoms with Crippen LogP contribution in [-0.2, 0) is 7.05 Å². The summed E-state index contributed by atoms with van der Waals surface area (Å²) in [5.41, 5.74) is 0. The van der Waals surface area contributed by atoms with Gasteiger partial charge in [0.05, 0.1) is 12.1 Å². The molecule has 0 radical (unpaired) electrons. The Morgan fingerprint density at radius 2 is 2.09 bits per heavy atom. The zero-order chi connectivity index (χ0) is 8.43. The molecule has 6 heteroatoms. The summed E-state index contributed by atoms with van der Waals surface area (Å²) < 4.78 is 3.37. The maximum Gasteiger partial charge on any atom is 0.358 e. The highest BCUT2D eigenvalue weighted by Crippen LogP contribution is 2.11. The summed E-state index contributed by atoms with van der Waals surface area (Å²) in [6, 6.07) is 0. The minimum Gasteiger partial charge on any atom is -0.288 e. The van der Waals surface area contributed by atoms with E-state index in [1.165, 1.54) is 11.8 Å². The first-order valence-electron chi connectivity index (χ1n) is 3.02. The molecule has 0 unspecified atom stereocenters. The first-order chi connectivity index (χ1) is 5.20. The number of aromatic nitrogens is 3. The van der Waals surface area contributed by atoms with Gasteiger partial charge in [-0.2, -0.15) is 0 Å². The maximum absolute atomic E-state index is 5.72. The van der Waals surface area contributed by atoms with E-state index in [1.54, 1.807) is 21.1 Å². The van der Waals surface area contributed by atoms with Gasteiger partial charge in [-0.3, -0.25) is 5.84 Å². The molecule has 0 aliphatic carbocycles. The average molecular weight is 191 g/mol. The smallest absolute Gasteiger partial charge is 0.288 e. The molecule has 0 amide bonds. The van der Waals surface area contributed by atoms with Crippen LogP contribution in [0.3, 0.4) is 0 Å². The molecule has 62 valence electrons. The van der Waals surface area contributed by atoms with Gasteiger partial charge < -0.3 is 0 Å². The van der Waals surface area contributed by atoms with E-state index in [9.17, 15) is 0 Å². The third-order valence-electron chi connectivity index (χ3n) is 1.29. The molecule has 1 aromatic rings. The molecule has 0 spiro atoms. The largest absolute Gasteiger partial charge is 0.358 e. The quantitative estimate of drug-likeness (QED) is 0.402. The first kappa shape index (κ1) is 8.73. The number of rotatable bonds is 2. The van der Waals surface area contributed by atoms with E-state index in [4.69, 9.17) is 5.84 Å². The highest BCUT2D eigenvalue weighted by Gasteiger charge is 2.19. The predicted molar refractivity (Wildman–Crippen MR) is 47.1 cm³/mol. The molecule has 4 nitrogen and oxygen atoms in total. The lowest BCUT2D eigenvalue weighted by Gasteiger charge is -1.90. The number of hydrogen-bond acceptors (Lipinski definition) is 4. The average Bonchev–Trinajstić information content (AvgIpc) is 2.26. The van der Waals surface area contributed by atoms with Crippen molar-refractivity contribution in [1.29, 1.82) is 0 Å². The minimum atomic E-state index is 0.830. The van der Waals surface area contributed by atoms with Crippen LogP contribution in [0.5, 0.6) is 0 Å². The molecule has 0 aliphatic rings. The van der Waals surface area contributed by atoms with Gasteiger partial charge in [0, 0.05) is 0 Å². The standard InChI is InChI=1S/C5H11N4S2/c1-8-5(11-3)9(6)4(7-8)10-2/h6H2,1-3H3/q+1. The van der Waals surface area contributed by atoms with Crippen LogP contribution in [0.15, 0.2) is 10.3 Å². The van der Waals surface area contributed by atoms with Crippen molar-refractivity contribution in [2.75, 3.05) is 18.4 Å². The van der Waals surface area contributed by atoms with Crippen LogP contribution in [0.25, 0.3) is 0 Å². The number of nitrogen functional groups attached to an aromatic ring is 1. The van der Waals surface area contributed by atoms with E-state index in [1.807, 2.05) is 19.6 Å². The Kier molecular flexibility index (Phi) is 2.67. The van der Waals surface area contributed by atoms with E-state index in [2.05, 4.69) is 5.10 Å².